The molecule has 0 fully saturated rings. The summed E-state index contributed by atoms with van der Waals surface area (Å²) in [6.45, 7) is 0. The third kappa shape index (κ3) is 3.60. The van der Waals surface area contributed by atoms with Gasteiger partial charge < -0.3 is 4.57 Å². The van der Waals surface area contributed by atoms with Gasteiger partial charge in [0.1, 0.15) is 0 Å². The Kier molecular flexibility index (Phi) is 5.49. The fourth-order valence-corrected chi connectivity index (χ4v) is 8.85. The zero-order valence-electron chi connectivity index (χ0n) is 26.9. The minimum atomic E-state index is -0.268. The van der Waals surface area contributed by atoms with E-state index in [1.165, 1.54) is 54.0 Å². The fraction of sp³-hybridized carbons (Fsp3) is 0.0435. The number of aromatic nitrogens is 2. The number of fused-ring (bicyclic) bond motifs is 10. The SMILES string of the molecule is O=c1c2ccccc2c2cc(C3Cc4ccccc4-c4cc5c(cc43)c3ccccc3n5-c3ccccc3)cc3c4ccccc4c(=O)n1c23. The van der Waals surface area contributed by atoms with E-state index in [4.69, 9.17) is 0 Å². The summed E-state index contributed by atoms with van der Waals surface area (Å²) in [4.78, 5) is 27.9. The van der Waals surface area contributed by atoms with E-state index in [2.05, 4.69) is 108 Å². The molecule has 234 valence electrons. The van der Waals surface area contributed by atoms with Crippen LogP contribution in [0.15, 0.2) is 161 Å². The molecule has 10 aromatic rings. The molecule has 11 rings (SSSR count). The largest absolute Gasteiger partial charge is 0.309 e. The maximum absolute atomic E-state index is 13.9. The molecule has 4 heteroatoms. The van der Waals surface area contributed by atoms with Crippen LogP contribution >= 0.6 is 0 Å². The van der Waals surface area contributed by atoms with Crippen molar-refractivity contribution in [2.24, 2.45) is 0 Å². The van der Waals surface area contributed by atoms with Crippen molar-refractivity contribution in [1.82, 2.24) is 8.97 Å². The lowest BCUT2D eigenvalue weighted by atomic mass is 9.74. The highest BCUT2D eigenvalue weighted by molar-refractivity contribution is 6.18. The maximum Gasteiger partial charge on any atom is 0.266 e. The van der Waals surface area contributed by atoms with Gasteiger partial charge in [0.2, 0.25) is 0 Å². The average Bonchev–Trinajstić information content (AvgIpc) is 3.50. The zero-order chi connectivity index (χ0) is 33.1. The van der Waals surface area contributed by atoms with Gasteiger partial charge >= 0.3 is 0 Å². The van der Waals surface area contributed by atoms with Crippen LogP contribution in [0.4, 0.5) is 0 Å². The van der Waals surface area contributed by atoms with Gasteiger partial charge in [-0.1, -0.05) is 97.1 Å². The molecular formula is C46H28N2O2. The predicted octanol–water partition coefficient (Wildman–Crippen LogP) is 10.0. The molecule has 0 saturated carbocycles. The van der Waals surface area contributed by atoms with Gasteiger partial charge in [0.15, 0.2) is 0 Å². The average molecular weight is 641 g/mol. The molecule has 4 nitrogen and oxygen atoms in total. The minimum absolute atomic E-state index is 0.0488. The Morgan fingerprint density at radius 1 is 0.460 bits per heavy atom. The molecule has 3 aromatic heterocycles. The van der Waals surface area contributed by atoms with Crippen LogP contribution in [0.5, 0.6) is 0 Å². The van der Waals surface area contributed by atoms with Gasteiger partial charge in [-0.25, -0.2) is 4.40 Å². The fourth-order valence-electron chi connectivity index (χ4n) is 8.85. The number of rotatable bonds is 2. The van der Waals surface area contributed by atoms with Crippen molar-refractivity contribution in [3.8, 4) is 16.8 Å². The lowest BCUT2D eigenvalue weighted by Gasteiger charge is -2.29. The Bertz CT molecular complexity index is 3070. The Morgan fingerprint density at radius 3 is 1.74 bits per heavy atom. The van der Waals surface area contributed by atoms with Crippen molar-refractivity contribution >= 4 is 59.6 Å². The van der Waals surface area contributed by atoms with Crippen LogP contribution in [-0.2, 0) is 6.42 Å². The highest BCUT2D eigenvalue weighted by atomic mass is 16.2. The molecule has 1 aliphatic rings. The van der Waals surface area contributed by atoms with E-state index < -0.39 is 0 Å². The van der Waals surface area contributed by atoms with Crippen LogP contribution in [0.1, 0.15) is 22.6 Å². The number of hydrogen-bond acceptors (Lipinski definition) is 2. The molecule has 0 aliphatic heterocycles. The number of hydrogen-bond donors (Lipinski definition) is 0. The van der Waals surface area contributed by atoms with Gasteiger partial charge in [0.25, 0.3) is 11.1 Å². The monoisotopic (exact) mass is 640 g/mol. The van der Waals surface area contributed by atoms with Gasteiger partial charge in [0, 0.05) is 43.9 Å². The smallest absolute Gasteiger partial charge is 0.266 e. The normalized spacial score (nSPS) is 14.3. The Balaban J connectivity index is 1.28. The summed E-state index contributed by atoms with van der Waals surface area (Å²) in [6.07, 6.45) is 0.842. The van der Waals surface area contributed by atoms with Crippen LogP contribution in [0, 0.1) is 0 Å². The molecule has 0 bridgehead atoms. The number of para-hydroxylation sites is 2. The van der Waals surface area contributed by atoms with Crippen molar-refractivity contribution in [3.63, 3.8) is 0 Å². The van der Waals surface area contributed by atoms with E-state index in [0.717, 1.165) is 33.7 Å². The Labute approximate surface area is 286 Å². The molecule has 0 spiro atoms. The highest BCUT2D eigenvalue weighted by Crippen LogP contribution is 2.47. The second-order valence-electron chi connectivity index (χ2n) is 13.6. The minimum Gasteiger partial charge on any atom is -0.309 e. The molecule has 7 aromatic carbocycles. The van der Waals surface area contributed by atoms with Crippen molar-refractivity contribution in [2.45, 2.75) is 12.3 Å². The molecular weight excluding hydrogens is 613 g/mol. The quantitative estimate of drug-likeness (QED) is 0.139. The van der Waals surface area contributed by atoms with Crippen LogP contribution in [0.2, 0.25) is 0 Å². The van der Waals surface area contributed by atoms with E-state index in [9.17, 15) is 9.59 Å². The summed E-state index contributed by atoms with van der Waals surface area (Å²) in [5.41, 5.74) is 9.94. The first-order valence-corrected chi connectivity index (χ1v) is 17.1. The summed E-state index contributed by atoms with van der Waals surface area (Å²) in [5, 5.41) is 7.16. The second-order valence-corrected chi connectivity index (χ2v) is 13.6. The van der Waals surface area contributed by atoms with E-state index in [1.54, 1.807) is 0 Å². The predicted molar refractivity (Wildman–Crippen MR) is 205 cm³/mol. The summed E-state index contributed by atoms with van der Waals surface area (Å²) in [6, 6.07) is 52.8. The van der Waals surface area contributed by atoms with Crippen molar-refractivity contribution in [1.29, 1.82) is 0 Å². The number of pyridine rings is 2. The van der Waals surface area contributed by atoms with Gasteiger partial charge in [-0.3, -0.25) is 9.59 Å². The van der Waals surface area contributed by atoms with Gasteiger partial charge in [-0.15, -0.1) is 0 Å². The Hall–Kier alpha value is -6.52. The third-order valence-corrected chi connectivity index (χ3v) is 11.0. The van der Waals surface area contributed by atoms with Gasteiger partial charge in [0.05, 0.1) is 16.6 Å². The van der Waals surface area contributed by atoms with Crippen LogP contribution < -0.4 is 11.1 Å². The molecule has 0 saturated heterocycles. The van der Waals surface area contributed by atoms with Crippen LogP contribution in [0.25, 0.3) is 76.5 Å². The number of benzene rings is 7. The summed E-state index contributed by atoms with van der Waals surface area (Å²) in [5.74, 6) is 0.0488. The summed E-state index contributed by atoms with van der Waals surface area (Å²) >= 11 is 0. The third-order valence-electron chi connectivity index (χ3n) is 11.0. The Morgan fingerprint density at radius 2 is 1.04 bits per heavy atom. The van der Waals surface area contributed by atoms with E-state index in [-0.39, 0.29) is 17.0 Å². The maximum atomic E-state index is 13.9. The van der Waals surface area contributed by atoms with Crippen molar-refractivity contribution in [3.05, 3.63) is 189 Å². The van der Waals surface area contributed by atoms with Crippen LogP contribution in [0.3, 0.4) is 0 Å². The molecule has 50 heavy (non-hydrogen) atoms. The first-order chi connectivity index (χ1) is 24.7. The zero-order valence-corrected chi connectivity index (χ0v) is 26.9. The van der Waals surface area contributed by atoms with Gasteiger partial charge in [-0.05, 0) is 99.6 Å². The van der Waals surface area contributed by atoms with E-state index in [1.807, 2.05) is 48.5 Å². The second kappa shape index (κ2) is 10.0. The molecule has 1 aliphatic carbocycles. The molecule has 3 heterocycles. The lowest BCUT2D eigenvalue weighted by molar-refractivity contribution is 0.797. The highest BCUT2D eigenvalue weighted by Gasteiger charge is 2.29. The lowest BCUT2D eigenvalue weighted by Crippen LogP contribution is -2.27. The molecule has 0 N–H and O–H groups in total. The number of nitrogens with zero attached hydrogens (tertiary/aromatic N) is 2. The van der Waals surface area contributed by atoms with Crippen LogP contribution in [-0.4, -0.2) is 8.97 Å². The molecule has 0 amide bonds. The first kappa shape index (κ1) is 27.4. The first-order valence-electron chi connectivity index (χ1n) is 17.1. The van der Waals surface area contributed by atoms with Crippen molar-refractivity contribution in [2.75, 3.05) is 0 Å². The molecule has 1 atom stereocenters. The summed E-state index contributed by atoms with van der Waals surface area (Å²) in [7, 11) is 0. The molecule has 0 radical (unpaired) electrons. The van der Waals surface area contributed by atoms with Crippen molar-refractivity contribution < 1.29 is 0 Å². The molecule has 1 unspecified atom stereocenters. The summed E-state index contributed by atoms with van der Waals surface area (Å²) < 4.78 is 3.79. The van der Waals surface area contributed by atoms with E-state index in [0.29, 0.717) is 16.3 Å². The standard InChI is InChI=1S/C46H28N2O2/c49-45-34-19-8-6-16-31(34)40-23-28(24-41-32-17-7-9-20-35(32)46(50)48(45)44(40)41)36-22-27-12-4-5-15-30(27)38-26-43-39(25-37(36)38)33-18-10-11-21-42(33)47(43)29-13-2-1-3-14-29/h1-21,23-26,36H,22H2. The van der Waals surface area contributed by atoms with E-state index >= 15 is 0 Å². The topological polar surface area (TPSA) is 43.5 Å². The van der Waals surface area contributed by atoms with Gasteiger partial charge in [-0.2, -0.15) is 0 Å².